The third-order valence-corrected chi connectivity index (χ3v) is 4.43. The summed E-state index contributed by atoms with van der Waals surface area (Å²) in [5.41, 5.74) is 0.838. The monoisotopic (exact) mass is 480 g/mol. The molecule has 0 N–H and O–H groups in total. The maximum atomic E-state index is 12.5. The number of benzene rings is 2. The Labute approximate surface area is 166 Å². The van der Waals surface area contributed by atoms with E-state index in [-0.39, 0.29) is 35.4 Å². The molecule has 2 aromatic carbocycles. The molecular weight excluding hydrogens is 468 g/mol. The van der Waals surface area contributed by atoms with Gasteiger partial charge in [0.1, 0.15) is 23.3 Å². The SMILES string of the molecule is CCOC(=O)c1cc(=O)c2c(OCc3cc(Br)cc(Br)c3)cccc2o1. The van der Waals surface area contributed by atoms with Gasteiger partial charge in [-0.3, -0.25) is 4.79 Å². The third-order valence-electron chi connectivity index (χ3n) is 3.51. The Balaban J connectivity index is 1.94. The summed E-state index contributed by atoms with van der Waals surface area (Å²) >= 11 is 6.86. The van der Waals surface area contributed by atoms with Gasteiger partial charge in [-0.25, -0.2) is 4.79 Å². The summed E-state index contributed by atoms with van der Waals surface area (Å²) in [6, 6.07) is 11.9. The second kappa shape index (κ2) is 8.05. The quantitative estimate of drug-likeness (QED) is 0.476. The molecule has 0 amide bonds. The van der Waals surface area contributed by atoms with E-state index in [0.717, 1.165) is 20.6 Å². The van der Waals surface area contributed by atoms with Crippen molar-refractivity contribution in [1.82, 2.24) is 0 Å². The van der Waals surface area contributed by atoms with Gasteiger partial charge in [0.2, 0.25) is 5.76 Å². The minimum absolute atomic E-state index is 0.127. The van der Waals surface area contributed by atoms with Crippen LogP contribution in [0.5, 0.6) is 5.75 Å². The lowest BCUT2D eigenvalue weighted by Crippen LogP contribution is -2.11. The average molecular weight is 482 g/mol. The molecule has 0 aliphatic rings. The molecule has 3 aromatic rings. The molecule has 134 valence electrons. The number of ether oxygens (including phenoxy) is 2. The highest BCUT2D eigenvalue weighted by molar-refractivity contribution is 9.11. The smallest absolute Gasteiger partial charge is 0.374 e. The first-order chi connectivity index (χ1) is 12.5. The van der Waals surface area contributed by atoms with Gasteiger partial charge < -0.3 is 13.9 Å². The molecule has 0 saturated heterocycles. The van der Waals surface area contributed by atoms with Gasteiger partial charge in [0, 0.05) is 15.0 Å². The average Bonchev–Trinajstić information content (AvgIpc) is 2.59. The Bertz CT molecular complexity index is 1010. The first-order valence-corrected chi connectivity index (χ1v) is 9.38. The van der Waals surface area contributed by atoms with Crippen molar-refractivity contribution < 1.29 is 18.7 Å². The summed E-state index contributed by atoms with van der Waals surface area (Å²) in [5, 5.41) is 0.287. The minimum Gasteiger partial charge on any atom is -0.488 e. The zero-order chi connectivity index (χ0) is 18.7. The van der Waals surface area contributed by atoms with E-state index < -0.39 is 5.97 Å². The van der Waals surface area contributed by atoms with Crippen LogP contribution in [0.2, 0.25) is 0 Å². The van der Waals surface area contributed by atoms with Crippen LogP contribution in [0.3, 0.4) is 0 Å². The topological polar surface area (TPSA) is 65.7 Å². The minimum atomic E-state index is -0.670. The molecule has 5 nitrogen and oxygen atoms in total. The Kier molecular flexibility index (Phi) is 5.78. The van der Waals surface area contributed by atoms with Crippen molar-refractivity contribution >= 4 is 48.8 Å². The standard InChI is InChI=1S/C19H14Br2O5/c1-2-24-19(23)17-9-14(22)18-15(4-3-5-16(18)26-17)25-10-11-6-12(20)8-13(21)7-11/h3-9H,2,10H2,1H3. The van der Waals surface area contributed by atoms with Crippen LogP contribution in [0, 0.1) is 0 Å². The molecule has 0 fully saturated rings. The number of rotatable bonds is 5. The van der Waals surface area contributed by atoms with Gasteiger partial charge in [-0.1, -0.05) is 37.9 Å². The first-order valence-electron chi connectivity index (χ1n) is 7.79. The highest BCUT2D eigenvalue weighted by Gasteiger charge is 2.16. The van der Waals surface area contributed by atoms with Gasteiger partial charge in [-0.05, 0) is 42.8 Å². The van der Waals surface area contributed by atoms with Crippen molar-refractivity contribution in [3.63, 3.8) is 0 Å². The molecule has 7 heteroatoms. The number of hydrogen-bond donors (Lipinski definition) is 0. The van der Waals surface area contributed by atoms with E-state index in [0.29, 0.717) is 5.75 Å². The van der Waals surface area contributed by atoms with Gasteiger partial charge in [-0.15, -0.1) is 0 Å². The molecule has 26 heavy (non-hydrogen) atoms. The fourth-order valence-electron chi connectivity index (χ4n) is 2.46. The summed E-state index contributed by atoms with van der Waals surface area (Å²) in [6.45, 7) is 2.16. The van der Waals surface area contributed by atoms with E-state index in [2.05, 4.69) is 31.9 Å². The molecule has 0 saturated carbocycles. The Morgan fingerprint density at radius 3 is 2.54 bits per heavy atom. The van der Waals surface area contributed by atoms with Crippen molar-refractivity contribution in [2.45, 2.75) is 13.5 Å². The Morgan fingerprint density at radius 1 is 1.12 bits per heavy atom. The number of halogens is 2. The van der Waals surface area contributed by atoms with Crippen LogP contribution in [-0.4, -0.2) is 12.6 Å². The summed E-state index contributed by atoms with van der Waals surface area (Å²) < 4.78 is 18.1. The second-order valence-corrected chi connectivity index (χ2v) is 7.22. The zero-order valence-corrected chi connectivity index (χ0v) is 16.9. The Hall–Kier alpha value is -2.12. The molecule has 3 rings (SSSR count). The molecule has 1 aromatic heterocycles. The highest BCUT2D eigenvalue weighted by Crippen LogP contribution is 2.26. The molecule has 0 bridgehead atoms. The molecule has 0 aliphatic heterocycles. The molecule has 0 spiro atoms. The van der Waals surface area contributed by atoms with Gasteiger partial charge in [0.15, 0.2) is 5.43 Å². The fourth-order valence-corrected chi connectivity index (χ4v) is 3.85. The van der Waals surface area contributed by atoms with Crippen LogP contribution in [0.15, 0.2) is 60.6 Å². The summed E-state index contributed by atoms with van der Waals surface area (Å²) in [7, 11) is 0. The summed E-state index contributed by atoms with van der Waals surface area (Å²) in [5.74, 6) is -0.406. The molecular formula is C19H14Br2O5. The number of fused-ring (bicyclic) bond motifs is 1. The summed E-state index contributed by atoms with van der Waals surface area (Å²) in [4.78, 5) is 24.3. The molecule has 1 heterocycles. The second-order valence-electron chi connectivity index (χ2n) is 5.39. The van der Waals surface area contributed by atoms with Crippen molar-refractivity contribution in [2.75, 3.05) is 6.61 Å². The van der Waals surface area contributed by atoms with Crippen LogP contribution >= 0.6 is 31.9 Å². The normalized spacial score (nSPS) is 10.7. The number of carbonyl (C=O) groups excluding carboxylic acids is 1. The van der Waals surface area contributed by atoms with Gasteiger partial charge in [0.25, 0.3) is 0 Å². The van der Waals surface area contributed by atoms with E-state index in [1.807, 2.05) is 18.2 Å². The van der Waals surface area contributed by atoms with E-state index in [9.17, 15) is 9.59 Å². The largest absolute Gasteiger partial charge is 0.488 e. The van der Waals surface area contributed by atoms with E-state index in [1.165, 1.54) is 0 Å². The van der Waals surface area contributed by atoms with Gasteiger partial charge in [0.05, 0.1) is 6.61 Å². The molecule has 0 radical (unpaired) electrons. The molecule has 0 aliphatic carbocycles. The lowest BCUT2D eigenvalue weighted by atomic mass is 10.2. The van der Waals surface area contributed by atoms with Crippen LogP contribution in [0.25, 0.3) is 11.0 Å². The van der Waals surface area contributed by atoms with E-state index in [4.69, 9.17) is 13.9 Å². The van der Waals surface area contributed by atoms with Crippen molar-refractivity contribution in [1.29, 1.82) is 0 Å². The summed E-state index contributed by atoms with van der Waals surface area (Å²) in [6.07, 6.45) is 0. The maximum absolute atomic E-state index is 12.5. The van der Waals surface area contributed by atoms with Crippen molar-refractivity contribution in [3.05, 3.63) is 73.0 Å². The van der Waals surface area contributed by atoms with Crippen LogP contribution in [-0.2, 0) is 11.3 Å². The predicted octanol–water partition coefficient (Wildman–Crippen LogP) is 5.07. The van der Waals surface area contributed by atoms with Crippen molar-refractivity contribution in [2.24, 2.45) is 0 Å². The molecule has 0 unspecified atom stereocenters. The zero-order valence-electron chi connectivity index (χ0n) is 13.8. The lowest BCUT2D eigenvalue weighted by molar-refractivity contribution is 0.0490. The third kappa shape index (κ3) is 4.16. The van der Waals surface area contributed by atoms with E-state index in [1.54, 1.807) is 25.1 Å². The number of carbonyl (C=O) groups is 1. The number of hydrogen-bond acceptors (Lipinski definition) is 5. The number of esters is 1. The predicted molar refractivity (Wildman–Crippen MR) is 105 cm³/mol. The van der Waals surface area contributed by atoms with Crippen LogP contribution < -0.4 is 10.2 Å². The highest BCUT2D eigenvalue weighted by atomic mass is 79.9. The van der Waals surface area contributed by atoms with Gasteiger partial charge in [-0.2, -0.15) is 0 Å². The van der Waals surface area contributed by atoms with Crippen LogP contribution in [0.4, 0.5) is 0 Å². The first kappa shape index (κ1) is 18.7. The Morgan fingerprint density at radius 2 is 1.85 bits per heavy atom. The van der Waals surface area contributed by atoms with Gasteiger partial charge >= 0.3 is 5.97 Å². The van der Waals surface area contributed by atoms with Crippen molar-refractivity contribution in [3.8, 4) is 5.75 Å². The fraction of sp³-hybridized carbons (Fsp3) is 0.158. The van der Waals surface area contributed by atoms with Crippen LogP contribution in [0.1, 0.15) is 23.0 Å². The lowest BCUT2D eigenvalue weighted by Gasteiger charge is -2.10. The molecule has 0 atom stereocenters. The van der Waals surface area contributed by atoms with E-state index >= 15 is 0 Å². The maximum Gasteiger partial charge on any atom is 0.374 e.